The second-order valence-electron chi connectivity index (χ2n) is 4.81. The summed E-state index contributed by atoms with van der Waals surface area (Å²) in [5.74, 6) is 0.0690. The highest BCUT2D eigenvalue weighted by atomic mass is 32.1. The summed E-state index contributed by atoms with van der Waals surface area (Å²) in [6.07, 6.45) is 3.54. The second-order valence-corrected chi connectivity index (χ2v) is 5.44. The number of nitrogens with one attached hydrogen (secondary N) is 1. The van der Waals surface area contributed by atoms with Gasteiger partial charge < -0.3 is 10.2 Å². The smallest absolute Gasteiger partial charge is 0.257 e. The van der Waals surface area contributed by atoms with E-state index < -0.39 is 0 Å². The van der Waals surface area contributed by atoms with Gasteiger partial charge in [0.25, 0.3) is 5.91 Å². The molecule has 1 saturated heterocycles. The van der Waals surface area contributed by atoms with Crippen molar-refractivity contribution >= 4 is 17.4 Å². The van der Waals surface area contributed by atoms with Gasteiger partial charge in [0.2, 0.25) is 0 Å². The van der Waals surface area contributed by atoms with E-state index in [2.05, 4.69) is 14.7 Å². The first-order chi connectivity index (χ1) is 9.77. The summed E-state index contributed by atoms with van der Waals surface area (Å²) in [4.78, 5) is 18.7. The van der Waals surface area contributed by atoms with E-state index in [9.17, 15) is 4.79 Å². The summed E-state index contributed by atoms with van der Waals surface area (Å²) in [6.45, 7) is 4.19. The van der Waals surface area contributed by atoms with E-state index in [1.54, 1.807) is 12.4 Å². The lowest BCUT2D eigenvalue weighted by Crippen LogP contribution is -2.48. The third kappa shape index (κ3) is 2.44. The number of pyridine rings is 1. The van der Waals surface area contributed by atoms with Gasteiger partial charge in [-0.25, -0.2) is 0 Å². The van der Waals surface area contributed by atoms with Gasteiger partial charge in [-0.2, -0.15) is 4.37 Å². The Balaban J connectivity index is 1.90. The Kier molecular flexibility index (Phi) is 3.75. The standard InChI is InChI=1S/C14H16N4OS/c1-10-12(9-20-17-10)14(19)18-7-6-16-8-13(18)11-2-4-15-5-3-11/h2-5,9,13,16H,6-8H2,1H3/t13-/m0/s1. The number of carbonyl (C=O) groups excluding carboxylic acids is 1. The molecule has 5 nitrogen and oxygen atoms in total. The zero-order valence-corrected chi connectivity index (χ0v) is 12.1. The molecule has 1 atom stereocenters. The summed E-state index contributed by atoms with van der Waals surface area (Å²) in [7, 11) is 0. The lowest BCUT2D eigenvalue weighted by molar-refractivity contribution is 0.0634. The molecule has 1 aliphatic heterocycles. The fourth-order valence-electron chi connectivity index (χ4n) is 2.48. The molecule has 0 bridgehead atoms. The predicted molar refractivity (Wildman–Crippen MR) is 77.7 cm³/mol. The van der Waals surface area contributed by atoms with Gasteiger partial charge in [-0.3, -0.25) is 9.78 Å². The molecule has 1 amide bonds. The Bertz CT molecular complexity index is 598. The molecule has 20 heavy (non-hydrogen) atoms. The first kappa shape index (κ1) is 13.2. The molecular formula is C14H16N4OS. The molecule has 1 fully saturated rings. The number of rotatable bonds is 2. The van der Waals surface area contributed by atoms with Gasteiger partial charge in [0.1, 0.15) is 0 Å². The highest BCUT2D eigenvalue weighted by Crippen LogP contribution is 2.24. The van der Waals surface area contributed by atoms with Crippen molar-refractivity contribution in [3.05, 3.63) is 46.7 Å². The number of carbonyl (C=O) groups is 1. The van der Waals surface area contributed by atoms with Crippen LogP contribution in [-0.4, -0.2) is 39.8 Å². The minimum atomic E-state index is 0.0542. The molecule has 0 saturated carbocycles. The number of aryl methyl sites for hydroxylation is 1. The molecule has 0 aromatic carbocycles. The predicted octanol–water partition coefficient (Wildman–Crippen LogP) is 1.63. The maximum absolute atomic E-state index is 12.7. The summed E-state index contributed by atoms with van der Waals surface area (Å²) in [6, 6.07) is 3.99. The maximum atomic E-state index is 12.7. The quantitative estimate of drug-likeness (QED) is 0.912. The van der Waals surface area contributed by atoms with Gasteiger partial charge in [0.05, 0.1) is 17.3 Å². The van der Waals surface area contributed by atoms with Crippen LogP contribution < -0.4 is 5.32 Å². The van der Waals surface area contributed by atoms with Crippen LogP contribution in [0.5, 0.6) is 0 Å². The van der Waals surface area contributed by atoms with Crippen LogP contribution in [-0.2, 0) is 0 Å². The highest BCUT2D eigenvalue weighted by Gasteiger charge is 2.29. The lowest BCUT2D eigenvalue weighted by Gasteiger charge is -2.36. The molecule has 3 rings (SSSR count). The van der Waals surface area contributed by atoms with Crippen molar-refractivity contribution in [1.82, 2.24) is 19.6 Å². The SMILES string of the molecule is Cc1nscc1C(=O)N1CCNC[C@H]1c1ccncc1. The molecule has 0 radical (unpaired) electrons. The van der Waals surface area contributed by atoms with Crippen LogP contribution in [0.3, 0.4) is 0 Å². The summed E-state index contributed by atoms with van der Waals surface area (Å²) in [5, 5.41) is 5.19. The van der Waals surface area contributed by atoms with Crippen molar-refractivity contribution in [2.75, 3.05) is 19.6 Å². The number of hydrogen-bond donors (Lipinski definition) is 1. The molecule has 0 spiro atoms. The Morgan fingerprint density at radius 2 is 2.25 bits per heavy atom. The second kappa shape index (κ2) is 5.68. The van der Waals surface area contributed by atoms with E-state index in [-0.39, 0.29) is 11.9 Å². The van der Waals surface area contributed by atoms with Crippen molar-refractivity contribution in [3.63, 3.8) is 0 Å². The van der Waals surface area contributed by atoms with E-state index in [0.717, 1.165) is 29.9 Å². The molecule has 104 valence electrons. The largest absolute Gasteiger partial charge is 0.329 e. The topological polar surface area (TPSA) is 58.1 Å². The molecule has 2 aromatic heterocycles. The third-order valence-electron chi connectivity index (χ3n) is 3.58. The van der Waals surface area contributed by atoms with E-state index >= 15 is 0 Å². The molecule has 2 aromatic rings. The van der Waals surface area contributed by atoms with E-state index in [4.69, 9.17) is 0 Å². The summed E-state index contributed by atoms with van der Waals surface area (Å²) in [5.41, 5.74) is 2.64. The molecule has 0 unspecified atom stereocenters. The van der Waals surface area contributed by atoms with Gasteiger partial charge in [0.15, 0.2) is 0 Å². The Hall–Kier alpha value is -1.79. The van der Waals surface area contributed by atoms with Crippen molar-refractivity contribution in [3.8, 4) is 0 Å². The Morgan fingerprint density at radius 1 is 1.45 bits per heavy atom. The van der Waals surface area contributed by atoms with Crippen LogP contribution in [0.1, 0.15) is 27.7 Å². The summed E-state index contributed by atoms with van der Waals surface area (Å²) < 4.78 is 4.20. The van der Waals surface area contributed by atoms with Gasteiger partial charge in [0, 0.05) is 37.4 Å². The average molecular weight is 288 g/mol. The van der Waals surface area contributed by atoms with Crippen LogP contribution in [0.2, 0.25) is 0 Å². The lowest BCUT2D eigenvalue weighted by atomic mass is 10.0. The normalized spacial score (nSPS) is 19.1. The van der Waals surface area contributed by atoms with Gasteiger partial charge in [-0.1, -0.05) is 0 Å². The summed E-state index contributed by atoms with van der Waals surface area (Å²) >= 11 is 1.33. The zero-order chi connectivity index (χ0) is 13.9. The molecule has 0 aliphatic carbocycles. The van der Waals surface area contributed by atoms with Gasteiger partial charge in [-0.15, -0.1) is 0 Å². The molecule has 6 heteroatoms. The van der Waals surface area contributed by atoms with Crippen LogP contribution >= 0.6 is 11.5 Å². The highest BCUT2D eigenvalue weighted by molar-refractivity contribution is 7.03. The fourth-order valence-corrected chi connectivity index (χ4v) is 3.17. The monoisotopic (exact) mass is 288 g/mol. The van der Waals surface area contributed by atoms with Crippen molar-refractivity contribution in [1.29, 1.82) is 0 Å². The van der Waals surface area contributed by atoms with Crippen LogP contribution in [0, 0.1) is 6.92 Å². The molecular weight excluding hydrogens is 272 g/mol. The van der Waals surface area contributed by atoms with Crippen LogP contribution in [0.4, 0.5) is 0 Å². The fraction of sp³-hybridized carbons (Fsp3) is 0.357. The molecule has 1 aliphatic rings. The van der Waals surface area contributed by atoms with Crippen molar-refractivity contribution in [2.24, 2.45) is 0 Å². The number of amides is 1. The number of nitrogens with zero attached hydrogens (tertiary/aromatic N) is 3. The Morgan fingerprint density at radius 3 is 2.95 bits per heavy atom. The van der Waals surface area contributed by atoms with Gasteiger partial charge in [-0.05, 0) is 36.2 Å². The average Bonchev–Trinajstić information content (AvgIpc) is 2.93. The van der Waals surface area contributed by atoms with Crippen LogP contribution in [0.25, 0.3) is 0 Å². The minimum Gasteiger partial charge on any atom is -0.329 e. The third-order valence-corrected chi connectivity index (χ3v) is 4.30. The minimum absolute atomic E-state index is 0.0542. The first-order valence-corrected chi connectivity index (χ1v) is 7.43. The van der Waals surface area contributed by atoms with E-state index in [0.29, 0.717) is 6.54 Å². The van der Waals surface area contributed by atoms with E-state index in [1.165, 1.54) is 11.5 Å². The maximum Gasteiger partial charge on any atom is 0.257 e. The number of hydrogen-bond acceptors (Lipinski definition) is 5. The number of aromatic nitrogens is 2. The van der Waals surface area contributed by atoms with Gasteiger partial charge >= 0.3 is 0 Å². The zero-order valence-electron chi connectivity index (χ0n) is 11.2. The molecule has 3 heterocycles. The molecule has 1 N–H and O–H groups in total. The van der Waals surface area contributed by atoms with Crippen molar-refractivity contribution in [2.45, 2.75) is 13.0 Å². The first-order valence-electron chi connectivity index (χ1n) is 6.60. The number of piperazine rings is 1. The Labute approximate surface area is 121 Å². The van der Waals surface area contributed by atoms with E-state index in [1.807, 2.05) is 29.3 Å². The van der Waals surface area contributed by atoms with Crippen LogP contribution in [0.15, 0.2) is 29.9 Å². The van der Waals surface area contributed by atoms with Crippen molar-refractivity contribution < 1.29 is 4.79 Å².